The Balaban J connectivity index is 1.25. The van der Waals surface area contributed by atoms with E-state index in [1.54, 1.807) is 0 Å². The highest BCUT2D eigenvalue weighted by Crippen LogP contribution is 2.77. The summed E-state index contributed by atoms with van der Waals surface area (Å²) in [6, 6.07) is 0. The fraction of sp³-hybridized carbons (Fsp3) is 0.921. The Kier molecular flexibility index (Phi) is 8.95. The highest BCUT2D eigenvalue weighted by molar-refractivity contribution is 5.77. The fourth-order valence-electron chi connectivity index (χ4n) is 13.4. The highest BCUT2D eigenvalue weighted by atomic mass is 16.5. The molecule has 6 aliphatic rings. The number of fused-ring (bicyclic) bond motifs is 7. The Morgan fingerprint density at radius 1 is 0.870 bits per heavy atom. The molecule has 1 saturated heterocycles. The Labute approximate surface area is 277 Å². The maximum atomic E-state index is 13.6. The van der Waals surface area contributed by atoms with E-state index in [0.29, 0.717) is 37.8 Å². The van der Waals surface area contributed by atoms with Crippen molar-refractivity contribution in [3.63, 3.8) is 0 Å². The number of morpholine rings is 1. The number of carboxylic acid groups (broad SMARTS) is 1. The molecule has 0 aromatic heterocycles. The molecule has 1 N–H and O–H groups in total. The lowest BCUT2D eigenvalue weighted by atomic mass is 9.32. The lowest BCUT2D eigenvalue weighted by Crippen LogP contribution is -2.67. The van der Waals surface area contributed by atoms with E-state index in [1.165, 1.54) is 6.92 Å². The van der Waals surface area contributed by atoms with E-state index in [0.717, 1.165) is 77.7 Å². The Bertz CT molecular complexity index is 1200. The molecule has 260 valence electrons. The quantitative estimate of drug-likeness (QED) is 0.310. The summed E-state index contributed by atoms with van der Waals surface area (Å²) in [5.41, 5.74) is -0.588. The second kappa shape index (κ2) is 12.0. The largest absolute Gasteiger partial charge is 0.481 e. The molecule has 0 radical (unpaired) electrons. The first kappa shape index (κ1) is 34.2. The molecule has 46 heavy (non-hydrogen) atoms. The smallest absolute Gasteiger partial charge is 0.309 e. The van der Waals surface area contributed by atoms with Crippen molar-refractivity contribution in [1.29, 1.82) is 0 Å². The van der Waals surface area contributed by atoms with Crippen molar-refractivity contribution in [3.8, 4) is 0 Å². The topological polar surface area (TPSA) is 102 Å². The standard InChI is InChI=1S/C38H61NO7/c1-24(32(41)45-23-20-39-18-21-44-22-19-39)26-10-15-38(33(42)43)17-16-36(6)27(31(26)38)8-9-29-35(5)13-12-30(46-25(2)40)34(3,4)28(35)11-14-37(29,36)7/h24,26-31H,8-23H2,1-7H3,(H,42,43)/t24?,26-,27?,28?,29?,30+,31?,35-,36+,37+,38-/m0/s1. The first-order valence-corrected chi connectivity index (χ1v) is 18.5. The van der Waals surface area contributed by atoms with Crippen LogP contribution in [0.4, 0.5) is 0 Å². The average Bonchev–Trinajstić information content (AvgIpc) is 3.40. The highest BCUT2D eigenvalue weighted by Gasteiger charge is 2.72. The van der Waals surface area contributed by atoms with Crippen molar-refractivity contribution < 1.29 is 33.7 Å². The zero-order chi connectivity index (χ0) is 33.3. The lowest BCUT2D eigenvalue weighted by Gasteiger charge is -2.72. The Hall–Kier alpha value is -1.67. The van der Waals surface area contributed by atoms with Gasteiger partial charge in [-0.2, -0.15) is 0 Å². The third-order valence-electron chi connectivity index (χ3n) is 15.9. The minimum atomic E-state index is -0.744. The number of carbonyl (C=O) groups excluding carboxylic acids is 2. The Morgan fingerprint density at radius 3 is 2.26 bits per heavy atom. The van der Waals surface area contributed by atoms with Crippen LogP contribution >= 0.6 is 0 Å². The van der Waals surface area contributed by atoms with Gasteiger partial charge in [-0.15, -0.1) is 0 Å². The molecule has 1 aliphatic heterocycles. The lowest BCUT2D eigenvalue weighted by molar-refractivity contribution is -0.251. The second-order valence-corrected chi connectivity index (χ2v) is 17.7. The molecule has 8 nitrogen and oxygen atoms in total. The molecule has 0 aromatic rings. The van der Waals surface area contributed by atoms with E-state index in [2.05, 4.69) is 39.5 Å². The first-order chi connectivity index (χ1) is 21.6. The number of hydrogen-bond acceptors (Lipinski definition) is 7. The molecule has 5 saturated carbocycles. The zero-order valence-corrected chi connectivity index (χ0v) is 29.7. The van der Waals surface area contributed by atoms with Crippen LogP contribution in [-0.4, -0.2) is 73.5 Å². The first-order valence-electron chi connectivity index (χ1n) is 18.5. The van der Waals surface area contributed by atoms with E-state index >= 15 is 0 Å². The summed E-state index contributed by atoms with van der Waals surface area (Å²) >= 11 is 0. The van der Waals surface area contributed by atoms with Crippen LogP contribution in [0.2, 0.25) is 0 Å². The van der Waals surface area contributed by atoms with Gasteiger partial charge >= 0.3 is 17.9 Å². The summed E-state index contributed by atoms with van der Waals surface area (Å²) in [6.45, 7) is 20.0. The van der Waals surface area contributed by atoms with Gasteiger partial charge < -0.3 is 19.3 Å². The van der Waals surface area contributed by atoms with Gasteiger partial charge in [0.05, 0.1) is 24.5 Å². The van der Waals surface area contributed by atoms with Gasteiger partial charge in [-0.05, 0) is 110 Å². The molecule has 0 amide bonds. The van der Waals surface area contributed by atoms with Gasteiger partial charge in [0.25, 0.3) is 0 Å². The van der Waals surface area contributed by atoms with Gasteiger partial charge in [-0.1, -0.05) is 41.5 Å². The maximum Gasteiger partial charge on any atom is 0.309 e. The Morgan fingerprint density at radius 2 is 1.59 bits per heavy atom. The van der Waals surface area contributed by atoms with Gasteiger partial charge in [0.15, 0.2) is 0 Å². The van der Waals surface area contributed by atoms with Crippen molar-refractivity contribution in [1.82, 2.24) is 4.90 Å². The molecule has 11 atom stereocenters. The van der Waals surface area contributed by atoms with E-state index in [1.807, 2.05) is 6.92 Å². The average molecular weight is 644 g/mol. The SMILES string of the molecule is CC(=O)O[C@@H]1CC[C@@]2(C)C(CC[C@]3(C)C2CCC2C4[C@H](C(C)C(=O)OCCN5CCOCC5)CC[C@]4(C(=O)O)CC[C@]23C)C1(C)C. The summed E-state index contributed by atoms with van der Waals surface area (Å²) in [6.07, 6.45) is 9.41. The summed E-state index contributed by atoms with van der Waals surface area (Å²) in [5, 5.41) is 10.9. The van der Waals surface area contributed by atoms with Gasteiger partial charge in [0.1, 0.15) is 12.7 Å². The molecule has 1 heterocycles. The molecule has 6 rings (SSSR count). The van der Waals surface area contributed by atoms with Crippen LogP contribution in [0.15, 0.2) is 0 Å². The fourth-order valence-corrected chi connectivity index (χ4v) is 13.4. The molecule has 5 unspecified atom stereocenters. The van der Waals surface area contributed by atoms with Crippen LogP contribution in [0.5, 0.6) is 0 Å². The molecule has 6 fully saturated rings. The number of esters is 2. The van der Waals surface area contributed by atoms with E-state index in [-0.39, 0.29) is 63.4 Å². The summed E-state index contributed by atoms with van der Waals surface area (Å²) in [4.78, 5) is 41.1. The van der Waals surface area contributed by atoms with Gasteiger partial charge in [0, 0.05) is 32.0 Å². The number of ether oxygens (including phenoxy) is 3. The number of rotatable bonds is 7. The van der Waals surface area contributed by atoms with Crippen LogP contribution in [0.25, 0.3) is 0 Å². The molecular formula is C38H61NO7. The summed E-state index contributed by atoms with van der Waals surface area (Å²) in [7, 11) is 0. The van der Waals surface area contributed by atoms with Crippen molar-refractivity contribution in [3.05, 3.63) is 0 Å². The number of carboxylic acids is 1. The van der Waals surface area contributed by atoms with Crippen molar-refractivity contribution in [2.75, 3.05) is 39.5 Å². The number of hydrogen-bond donors (Lipinski definition) is 1. The molecule has 8 heteroatoms. The normalized spacial score (nSPS) is 45.7. The van der Waals surface area contributed by atoms with Crippen LogP contribution in [0.1, 0.15) is 113 Å². The predicted octanol–water partition coefficient (Wildman–Crippen LogP) is 6.60. The zero-order valence-electron chi connectivity index (χ0n) is 29.7. The van der Waals surface area contributed by atoms with E-state index < -0.39 is 11.4 Å². The van der Waals surface area contributed by atoms with E-state index in [9.17, 15) is 19.5 Å². The van der Waals surface area contributed by atoms with Gasteiger partial charge in [0.2, 0.25) is 0 Å². The third kappa shape index (κ3) is 5.08. The number of carbonyl (C=O) groups is 3. The van der Waals surface area contributed by atoms with Gasteiger partial charge in [-0.25, -0.2) is 0 Å². The van der Waals surface area contributed by atoms with Crippen molar-refractivity contribution >= 4 is 17.9 Å². The predicted molar refractivity (Wildman–Crippen MR) is 175 cm³/mol. The van der Waals surface area contributed by atoms with E-state index in [4.69, 9.17) is 14.2 Å². The van der Waals surface area contributed by atoms with Crippen LogP contribution in [0.3, 0.4) is 0 Å². The monoisotopic (exact) mass is 643 g/mol. The minimum Gasteiger partial charge on any atom is -0.481 e. The van der Waals surface area contributed by atoms with Crippen LogP contribution in [-0.2, 0) is 28.6 Å². The third-order valence-corrected chi connectivity index (χ3v) is 15.9. The minimum absolute atomic E-state index is 0.00688. The van der Waals surface area contributed by atoms with Gasteiger partial charge in [-0.3, -0.25) is 19.3 Å². The summed E-state index contributed by atoms with van der Waals surface area (Å²) < 4.78 is 17.2. The molecular weight excluding hydrogens is 582 g/mol. The van der Waals surface area contributed by atoms with Crippen LogP contribution in [0, 0.1) is 62.6 Å². The second-order valence-electron chi connectivity index (χ2n) is 17.7. The van der Waals surface area contributed by atoms with Crippen LogP contribution < -0.4 is 0 Å². The van der Waals surface area contributed by atoms with Crippen molar-refractivity contribution in [2.45, 2.75) is 119 Å². The molecule has 0 spiro atoms. The maximum absolute atomic E-state index is 13.6. The van der Waals surface area contributed by atoms with Crippen molar-refractivity contribution in [2.24, 2.45) is 62.6 Å². The number of nitrogens with zero attached hydrogens (tertiary/aromatic N) is 1. The molecule has 0 bridgehead atoms. The molecule has 0 aromatic carbocycles. The summed E-state index contributed by atoms with van der Waals surface area (Å²) in [5.74, 6) is 0.0129. The number of aliphatic carboxylic acids is 1. The molecule has 5 aliphatic carbocycles.